The van der Waals surface area contributed by atoms with E-state index < -0.39 is 0 Å². The zero-order valence-electron chi connectivity index (χ0n) is 16.2. The minimum absolute atomic E-state index is 0. The van der Waals surface area contributed by atoms with Crippen molar-refractivity contribution in [2.75, 3.05) is 31.1 Å². The maximum absolute atomic E-state index is 10.2. The Balaban J connectivity index is 0.00000205. The maximum atomic E-state index is 10.2. The van der Waals surface area contributed by atoms with Crippen molar-refractivity contribution in [2.45, 2.75) is 31.7 Å². The fourth-order valence-corrected chi connectivity index (χ4v) is 4.34. The summed E-state index contributed by atoms with van der Waals surface area (Å²) in [5.41, 5.74) is 2.31. The molecule has 2 aromatic rings. The van der Waals surface area contributed by atoms with Crippen LogP contribution in [0.4, 0.5) is 5.82 Å². The van der Waals surface area contributed by atoms with Gasteiger partial charge in [-0.2, -0.15) is 0 Å². The second-order valence-corrected chi connectivity index (χ2v) is 7.61. The number of fused-ring (bicyclic) bond motifs is 3. The van der Waals surface area contributed by atoms with Crippen molar-refractivity contribution in [3.63, 3.8) is 0 Å². The molecule has 1 fully saturated rings. The summed E-state index contributed by atoms with van der Waals surface area (Å²) < 4.78 is 0. The lowest BCUT2D eigenvalue weighted by Crippen LogP contribution is -2.45. The van der Waals surface area contributed by atoms with Crippen molar-refractivity contribution in [1.82, 2.24) is 14.9 Å². The van der Waals surface area contributed by atoms with Gasteiger partial charge in [-0.15, -0.1) is 24.0 Å². The van der Waals surface area contributed by atoms with E-state index in [-0.39, 0.29) is 36.1 Å². The Bertz CT molecular complexity index is 865. The number of guanidine groups is 1. The number of hydrogen-bond acceptors (Lipinski definition) is 7. The molecule has 0 bridgehead atoms. The number of rotatable bonds is 3. The summed E-state index contributed by atoms with van der Waals surface area (Å²) in [5.74, 6) is 1.87. The number of nitrogens with zero attached hydrogens (tertiary/aromatic N) is 5. The summed E-state index contributed by atoms with van der Waals surface area (Å²) >= 11 is 0. The molecule has 3 aliphatic heterocycles. The summed E-state index contributed by atoms with van der Waals surface area (Å²) in [5, 5.41) is 12.2. The zero-order chi connectivity index (χ0) is 18.9. The minimum atomic E-state index is -0.309. The molecule has 4 heterocycles. The maximum Gasteiger partial charge on any atom is 0.221 e. The smallest absolute Gasteiger partial charge is 0.221 e. The first-order valence-corrected chi connectivity index (χ1v) is 9.90. The van der Waals surface area contributed by atoms with Crippen molar-refractivity contribution in [2.24, 2.45) is 4.99 Å². The van der Waals surface area contributed by atoms with E-state index in [9.17, 15) is 5.11 Å². The lowest BCUT2D eigenvalue weighted by Gasteiger charge is -2.31. The molecule has 3 aliphatic rings. The Kier molecular flexibility index (Phi) is 6.21. The third kappa shape index (κ3) is 4.19. The molecular formula is C21H26IN5O2. The summed E-state index contributed by atoms with van der Waals surface area (Å²) in [6.45, 7) is 4.21. The van der Waals surface area contributed by atoms with Gasteiger partial charge in [0, 0.05) is 31.4 Å². The van der Waals surface area contributed by atoms with Crippen molar-refractivity contribution >= 4 is 35.8 Å². The Morgan fingerprint density at radius 3 is 2.83 bits per heavy atom. The van der Waals surface area contributed by atoms with Gasteiger partial charge in [0.15, 0.2) is 0 Å². The van der Waals surface area contributed by atoms with Crippen molar-refractivity contribution in [3.8, 4) is 0 Å². The zero-order valence-corrected chi connectivity index (χ0v) is 18.6. The number of aromatic nitrogens is 1. The van der Waals surface area contributed by atoms with Gasteiger partial charge in [0.25, 0.3) is 0 Å². The second-order valence-electron chi connectivity index (χ2n) is 7.61. The highest BCUT2D eigenvalue weighted by Crippen LogP contribution is 2.32. The molecule has 0 aliphatic carbocycles. The molecule has 1 aromatic heterocycles. The third-order valence-corrected chi connectivity index (χ3v) is 5.62. The molecule has 1 N–H and O–H groups in total. The predicted molar refractivity (Wildman–Crippen MR) is 122 cm³/mol. The van der Waals surface area contributed by atoms with E-state index in [1.165, 1.54) is 0 Å². The average Bonchev–Trinajstić information content (AvgIpc) is 3.30. The van der Waals surface area contributed by atoms with E-state index in [0.717, 1.165) is 55.5 Å². The van der Waals surface area contributed by atoms with E-state index >= 15 is 0 Å². The van der Waals surface area contributed by atoms with Crippen LogP contribution in [-0.4, -0.2) is 64.3 Å². The van der Waals surface area contributed by atoms with Crippen LogP contribution >= 0.6 is 24.0 Å². The van der Waals surface area contributed by atoms with Crippen LogP contribution in [0.5, 0.6) is 0 Å². The monoisotopic (exact) mass is 507 g/mol. The van der Waals surface area contributed by atoms with Crippen molar-refractivity contribution < 1.29 is 9.94 Å². The molecule has 8 heteroatoms. The quantitative estimate of drug-likeness (QED) is 0.644. The normalized spacial score (nSPS) is 23.2. The summed E-state index contributed by atoms with van der Waals surface area (Å²) in [7, 11) is 0. The Labute approximate surface area is 188 Å². The molecular weight excluding hydrogens is 481 g/mol. The topological polar surface area (TPSA) is 64.4 Å². The van der Waals surface area contributed by atoms with Crippen LogP contribution in [0.3, 0.4) is 0 Å². The van der Waals surface area contributed by atoms with Crippen molar-refractivity contribution in [1.29, 1.82) is 0 Å². The molecule has 2 atom stereocenters. The standard InChI is InChI=1S/C21H25N5O2.HI/c27-19-11-18-13-24(12-17-7-4-8-22-20(17)25(18)14-19)21-23-9-10-26(21)28-15-16-5-2-1-3-6-16;/h1-8,18-19,27H,9-15H2;1H/t18-,19+;/m0./s1. The van der Waals surface area contributed by atoms with Crippen LogP contribution in [0, 0.1) is 0 Å². The Hall–Kier alpha value is -1.91. The highest BCUT2D eigenvalue weighted by atomic mass is 127. The highest BCUT2D eigenvalue weighted by molar-refractivity contribution is 14.0. The van der Waals surface area contributed by atoms with Crippen LogP contribution in [0.15, 0.2) is 53.7 Å². The summed E-state index contributed by atoms with van der Waals surface area (Å²) in [4.78, 5) is 20.0. The molecule has 1 aromatic carbocycles. The molecule has 29 heavy (non-hydrogen) atoms. The van der Waals surface area contributed by atoms with Crippen LogP contribution in [-0.2, 0) is 18.0 Å². The first-order chi connectivity index (χ1) is 13.8. The molecule has 0 unspecified atom stereocenters. The molecule has 1 saturated heterocycles. The van der Waals surface area contributed by atoms with Crippen LogP contribution in [0.1, 0.15) is 17.5 Å². The first kappa shape index (κ1) is 20.4. The predicted octanol–water partition coefficient (Wildman–Crippen LogP) is 2.26. The average molecular weight is 507 g/mol. The van der Waals surface area contributed by atoms with Crippen LogP contribution in [0.25, 0.3) is 0 Å². The number of aliphatic imine (C=N–C) groups is 1. The van der Waals surface area contributed by atoms with Gasteiger partial charge < -0.3 is 14.9 Å². The fourth-order valence-electron chi connectivity index (χ4n) is 4.34. The lowest BCUT2D eigenvalue weighted by atomic mass is 10.2. The van der Waals surface area contributed by atoms with Gasteiger partial charge in [0.05, 0.1) is 25.2 Å². The number of aliphatic hydroxyl groups is 1. The molecule has 0 amide bonds. The number of hydroxylamine groups is 2. The number of pyridine rings is 1. The number of aliphatic hydroxyl groups excluding tert-OH is 1. The molecule has 7 nitrogen and oxygen atoms in total. The highest BCUT2D eigenvalue weighted by Gasteiger charge is 2.38. The van der Waals surface area contributed by atoms with E-state index in [1.54, 1.807) is 0 Å². The number of anilines is 1. The number of benzene rings is 1. The van der Waals surface area contributed by atoms with Crippen molar-refractivity contribution in [3.05, 3.63) is 59.8 Å². The number of hydrogen-bond donors (Lipinski definition) is 1. The van der Waals surface area contributed by atoms with Crippen LogP contribution in [0.2, 0.25) is 0 Å². The molecule has 0 saturated carbocycles. The van der Waals surface area contributed by atoms with E-state index in [0.29, 0.717) is 13.2 Å². The summed E-state index contributed by atoms with van der Waals surface area (Å²) in [6, 6.07) is 14.5. The van der Waals surface area contributed by atoms with Gasteiger partial charge in [0.1, 0.15) is 12.4 Å². The van der Waals surface area contributed by atoms with Gasteiger partial charge in [0.2, 0.25) is 5.96 Å². The Morgan fingerprint density at radius 1 is 1.10 bits per heavy atom. The minimum Gasteiger partial charge on any atom is -0.391 e. The van der Waals surface area contributed by atoms with Gasteiger partial charge in [-0.1, -0.05) is 36.4 Å². The van der Waals surface area contributed by atoms with Gasteiger partial charge in [-0.3, -0.25) is 4.84 Å². The Morgan fingerprint density at radius 2 is 1.97 bits per heavy atom. The van der Waals surface area contributed by atoms with Gasteiger partial charge in [-0.05, 0) is 18.1 Å². The SMILES string of the molecule is I.O[C@@H]1C[C@H]2CN(C3=NCCN3OCc3ccccc3)Cc3cccnc3N2C1. The molecule has 0 spiro atoms. The second kappa shape index (κ2) is 8.85. The first-order valence-electron chi connectivity index (χ1n) is 9.90. The van der Waals surface area contributed by atoms with E-state index in [4.69, 9.17) is 9.83 Å². The van der Waals surface area contributed by atoms with Crippen LogP contribution < -0.4 is 4.90 Å². The molecule has 5 rings (SSSR count). The van der Waals surface area contributed by atoms with E-state index in [2.05, 4.69) is 33.0 Å². The van der Waals surface area contributed by atoms with Gasteiger partial charge >= 0.3 is 0 Å². The van der Waals surface area contributed by atoms with E-state index in [1.807, 2.05) is 35.5 Å². The number of halogens is 1. The van der Waals surface area contributed by atoms with Gasteiger partial charge in [-0.25, -0.2) is 15.0 Å². The largest absolute Gasteiger partial charge is 0.391 e. The molecule has 154 valence electrons. The molecule has 0 radical (unpaired) electrons. The summed E-state index contributed by atoms with van der Waals surface area (Å²) in [6.07, 6.45) is 2.28. The lowest BCUT2D eigenvalue weighted by molar-refractivity contribution is -0.111. The third-order valence-electron chi connectivity index (χ3n) is 5.62. The fraction of sp³-hybridized carbons (Fsp3) is 0.429.